The maximum atomic E-state index is 12.7. The Morgan fingerprint density at radius 1 is 1.12 bits per heavy atom. The summed E-state index contributed by atoms with van der Waals surface area (Å²) >= 11 is 0. The molecule has 7 nitrogen and oxygen atoms in total. The summed E-state index contributed by atoms with van der Waals surface area (Å²) < 4.78 is 10.7. The number of morpholine rings is 1. The zero-order valence-electron chi connectivity index (χ0n) is 14.4. The lowest BCUT2D eigenvalue weighted by molar-refractivity contribution is -0.137. The number of nitrogens with zero attached hydrogens (tertiary/aromatic N) is 3. The van der Waals surface area contributed by atoms with Crippen LogP contribution in [-0.4, -0.2) is 84.5 Å². The van der Waals surface area contributed by atoms with Gasteiger partial charge in [-0.05, 0) is 25.0 Å². The van der Waals surface area contributed by atoms with Crippen molar-refractivity contribution in [1.82, 2.24) is 14.7 Å². The van der Waals surface area contributed by atoms with Gasteiger partial charge >= 0.3 is 0 Å². The summed E-state index contributed by atoms with van der Waals surface area (Å²) in [5, 5.41) is 0. The first-order valence-electron chi connectivity index (χ1n) is 9.18. The maximum absolute atomic E-state index is 12.7. The lowest BCUT2D eigenvalue weighted by Gasteiger charge is -2.40. The van der Waals surface area contributed by atoms with Gasteiger partial charge in [-0.3, -0.25) is 14.5 Å². The molecule has 25 heavy (non-hydrogen) atoms. The minimum absolute atomic E-state index is 0.0556. The van der Waals surface area contributed by atoms with Crippen LogP contribution in [0.1, 0.15) is 29.8 Å². The van der Waals surface area contributed by atoms with Gasteiger partial charge in [-0.1, -0.05) is 0 Å². The number of rotatable bonds is 4. The van der Waals surface area contributed by atoms with Gasteiger partial charge < -0.3 is 19.0 Å². The molecule has 0 bridgehead atoms. The molecular formula is C18H25N3O4. The average Bonchev–Trinajstić information content (AvgIpc) is 3.31. The van der Waals surface area contributed by atoms with Gasteiger partial charge in [-0.15, -0.1) is 0 Å². The normalized spacial score (nSPS) is 27.6. The molecule has 7 heteroatoms. The van der Waals surface area contributed by atoms with Crippen molar-refractivity contribution < 1.29 is 18.7 Å². The average molecular weight is 347 g/mol. The monoisotopic (exact) mass is 347 g/mol. The van der Waals surface area contributed by atoms with Crippen molar-refractivity contribution in [3.8, 4) is 0 Å². The van der Waals surface area contributed by atoms with Gasteiger partial charge in [0.15, 0.2) is 5.76 Å². The van der Waals surface area contributed by atoms with Crippen LogP contribution in [0.5, 0.6) is 0 Å². The molecule has 0 aromatic carbocycles. The number of amides is 2. The zero-order chi connectivity index (χ0) is 17.2. The Morgan fingerprint density at radius 2 is 1.96 bits per heavy atom. The summed E-state index contributed by atoms with van der Waals surface area (Å²) in [5.74, 6) is 0.555. The molecule has 3 aliphatic rings. The summed E-state index contributed by atoms with van der Waals surface area (Å²) in [4.78, 5) is 31.4. The van der Waals surface area contributed by atoms with E-state index in [4.69, 9.17) is 9.15 Å². The fraction of sp³-hybridized carbons (Fsp3) is 0.667. The molecule has 4 heterocycles. The summed E-state index contributed by atoms with van der Waals surface area (Å²) in [6.45, 7) is 5.71. The topological polar surface area (TPSA) is 66.2 Å². The Bertz CT molecular complexity index is 612. The highest BCUT2D eigenvalue weighted by atomic mass is 16.5. The van der Waals surface area contributed by atoms with Crippen LogP contribution in [0.25, 0.3) is 0 Å². The van der Waals surface area contributed by atoms with Gasteiger partial charge in [0.2, 0.25) is 5.91 Å². The van der Waals surface area contributed by atoms with E-state index in [9.17, 15) is 9.59 Å². The molecule has 3 saturated heterocycles. The van der Waals surface area contributed by atoms with E-state index in [0.717, 1.165) is 52.2 Å². The standard InChI is InChI=1S/C18H25N3O4/c22-17-4-3-14-15(20(17)8-7-19-9-12-24-13-10-19)5-6-21(14)18(23)16-2-1-11-25-16/h1-2,11,14-15H,3-10,12-13H2/t14-,15-/m1/s1. The number of piperidine rings is 1. The predicted molar refractivity (Wildman–Crippen MR) is 90.1 cm³/mol. The molecule has 0 spiro atoms. The van der Waals surface area contributed by atoms with Crippen molar-refractivity contribution in [1.29, 1.82) is 0 Å². The highest BCUT2D eigenvalue weighted by Gasteiger charge is 2.45. The number of likely N-dealkylation sites (tertiary alicyclic amines) is 2. The second-order valence-corrected chi connectivity index (χ2v) is 6.98. The zero-order valence-corrected chi connectivity index (χ0v) is 14.4. The van der Waals surface area contributed by atoms with Gasteiger partial charge in [-0.25, -0.2) is 0 Å². The van der Waals surface area contributed by atoms with E-state index in [1.807, 2.05) is 9.80 Å². The highest BCUT2D eigenvalue weighted by molar-refractivity contribution is 5.92. The quantitative estimate of drug-likeness (QED) is 0.807. The minimum Gasteiger partial charge on any atom is -0.459 e. The van der Waals surface area contributed by atoms with Gasteiger partial charge in [0.1, 0.15) is 0 Å². The van der Waals surface area contributed by atoms with E-state index in [-0.39, 0.29) is 23.9 Å². The molecule has 3 aliphatic heterocycles. The second kappa shape index (κ2) is 7.17. The molecule has 0 N–H and O–H groups in total. The first-order valence-corrected chi connectivity index (χ1v) is 9.18. The number of furan rings is 1. The third-order valence-corrected chi connectivity index (χ3v) is 5.64. The van der Waals surface area contributed by atoms with E-state index in [1.165, 1.54) is 6.26 Å². The number of carbonyl (C=O) groups excluding carboxylic acids is 2. The van der Waals surface area contributed by atoms with Crippen molar-refractivity contribution >= 4 is 11.8 Å². The highest BCUT2D eigenvalue weighted by Crippen LogP contribution is 2.32. The van der Waals surface area contributed by atoms with E-state index in [2.05, 4.69) is 4.90 Å². The van der Waals surface area contributed by atoms with E-state index in [0.29, 0.717) is 18.7 Å². The SMILES string of the molecule is O=C1CC[C@@H]2[C@@H](CCN2C(=O)c2ccco2)N1CCN1CCOCC1. The Hall–Kier alpha value is -1.86. The van der Waals surface area contributed by atoms with E-state index < -0.39 is 0 Å². The van der Waals surface area contributed by atoms with Gasteiger partial charge in [0.25, 0.3) is 5.91 Å². The minimum atomic E-state index is -0.0556. The van der Waals surface area contributed by atoms with Crippen LogP contribution in [0.3, 0.4) is 0 Å². The van der Waals surface area contributed by atoms with Crippen molar-refractivity contribution in [2.24, 2.45) is 0 Å². The molecule has 3 fully saturated rings. The fourth-order valence-corrected chi connectivity index (χ4v) is 4.31. The van der Waals surface area contributed by atoms with Crippen LogP contribution in [0.15, 0.2) is 22.8 Å². The largest absolute Gasteiger partial charge is 0.459 e. The van der Waals surface area contributed by atoms with Crippen LogP contribution in [0.4, 0.5) is 0 Å². The molecule has 1 aromatic rings. The summed E-state index contributed by atoms with van der Waals surface area (Å²) in [6.07, 6.45) is 3.65. The van der Waals surface area contributed by atoms with Crippen LogP contribution in [0, 0.1) is 0 Å². The van der Waals surface area contributed by atoms with E-state index in [1.54, 1.807) is 12.1 Å². The molecule has 136 valence electrons. The number of carbonyl (C=O) groups is 2. The second-order valence-electron chi connectivity index (χ2n) is 6.98. The fourth-order valence-electron chi connectivity index (χ4n) is 4.31. The van der Waals surface area contributed by atoms with Gasteiger partial charge in [0, 0.05) is 39.1 Å². The third kappa shape index (κ3) is 3.30. The molecule has 0 saturated carbocycles. The third-order valence-electron chi connectivity index (χ3n) is 5.64. The Kier molecular flexibility index (Phi) is 4.76. The summed E-state index contributed by atoms with van der Waals surface area (Å²) in [7, 11) is 0. The Morgan fingerprint density at radius 3 is 2.72 bits per heavy atom. The number of hydrogen-bond donors (Lipinski definition) is 0. The molecule has 0 aliphatic carbocycles. The first kappa shape index (κ1) is 16.6. The number of hydrogen-bond acceptors (Lipinski definition) is 5. The maximum Gasteiger partial charge on any atom is 0.289 e. The van der Waals surface area contributed by atoms with Crippen molar-refractivity contribution in [2.45, 2.75) is 31.3 Å². The molecule has 4 rings (SSSR count). The van der Waals surface area contributed by atoms with Crippen LogP contribution >= 0.6 is 0 Å². The molecule has 0 unspecified atom stereocenters. The molecule has 2 atom stereocenters. The van der Waals surface area contributed by atoms with Gasteiger partial charge in [0.05, 0.1) is 31.6 Å². The predicted octanol–water partition coefficient (Wildman–Crippen LogP) is 0.817. The molecule has 2 amide bonds. The summed E-state index contributed by atoms with van der Waals surface area (Å²) in [5.41, 5.74) is 0. The van der Waals surface area contributed by atoms with Crippen molar-refractivity contribution in [3.05, 3.63) is 24.2 Å². The smallest absolute Gasteiger partial charge is 0.289 e. The number of fused-ring (bicyclic) bond motifs is 1. The van der Waals surface area contributed by atoms with Crippen LogP contribution in [0.2, 0.25) is 0 Å². The Labute approximate surface area is 147 Å². The van der Waals surface area contributed by atoms with Crippen LogP contribution < -0.4 is 0 Å². The molecule has 1 aromatic heterocycles. The molecule has 0 radical (unpaired) electrons. The first-order chi connectivity index (χ1) is 12.2. The lowest BCUT2D eigenvalue weighted by Crippen LogP contribution is -2.55. The van der Waals surface area contributed by atoms with Crippen molar-refractivity contribution in [2.75, 3.05) is 45.9 Å². The van der Waals surface area contributed by atoms with E-state index >= 15 is 0 Å². The molecular weight excluding hydrogens is 322 g/mol. The lowest BCUT2D eigenvalue weighted by atomic mass is 9.96. The number of ether oxygens (including phenoxy) is 1. The van der Waals surface area contributed by atoms with Crippen molar-refractivity contribution in [3.63, 3.8) is 0 Å². The van der Waals surface area contributed by atoms with Gasteiger partial charge in [-0.2, -0.15) is 0 Å². The van der Waals surface area contributed by atoms with Crippen LogP contribution in [-0.2, 0) is 9.53 Å². The summed E-state index contributed by atoms with van der Waals surface area (Å²) in [6, 6.07) is 3.70. The Balaban J connectivity index is 1.41.